The Morgan fingerprint density at radius 1 is 1.47 bits per heavy atom. The highest BCUT2D eigenvalue weighted by Gasteiger charge is 2.40. The fourth-order valence-electron chi connectivity index (χ4n) is 1.36. The van der Waals surface area contributed by atoms with Gasteiger partial charge in [0.25, 0.3) is 16.0 Å². The van der Waals surface area contributed by atoms with Crippen LogP contribution < -0.4 is 16.8 Å². The van der Waals surface area contributed by atoms with Gasteiger partial charge in [0, 0.05) is 4.90 Å². The van der Waals surface area contributed by atoms with Gasteiger partial charge in [0.15, 0.2) is 0 Å². The van der Waals surface area contributed by atoms with E-state index in [0.717, 1.165) is 11.8 Å². The third kappa shape index (κ3) is 2.09. The van der Waals surface area contributed by atoms with Crippen LogP contribution in [0.1, 0.15) is 0 Å². The largest absolute Gasteiger partial charge is 0.366 e. The summed E-state index contributed by atoms with van der Waals surface area (Å²) in [5.74, 6) is -0.771. The van der Waals surface area contributed by atoms with Crippen LogP contribution in [0.15, 0.2) is 28.0 Å². The lowest BCUT2D eigenvalue weighted by Gasteiger charge is -2.18. The van der Waals surface area contributed by atoms with Gasteiger partial charge in [0.05, 0.1) is 10.6 Å². The summed E-state index contributed by atoms with van der Waals surface area (Å²) < 4.78 is 30.7. The number of nitrogens with one attached hydrogen (secondary N) is 1. The van der Waals surface area contributed by atoms with Gasteiger partial charge in [-0.1, -0.05) is 11.8 Å². The first kappa shape index (κ1) is 12.2. The number of anilines is 1. The molecule has 0 saturated heterocycles. The number of hydrogen-bond donors (Lipinski definition) is 4. The average molecular weight is 275 g/mol. The molecule has 1 atom stereocenters. The van der Waals surface area contributed by atoms with Crippen molar-refractivity contribution in [3.05, 3.63) is 18.2 Å². The standard InChI is InChI=1S/C8H9N3O4S2/c9-7(12)8(10)11-5-2-1-4(17(13,14)15)3-6(5)16-8/h1-3,11H,10H2,(H2,9,12)(H,13,14,15)/t8-/m0/s1. The molecule has 0 spiro atoms. The molecule has 0 unspecified atom stereocenters. The molecular weight excluding hydrogens is 266 g/mol. The molecule has 17 heavy (non-hydrogen) atoms. The van der Waals surface area contributed by atoms with Crippen LogP contribution in [-0.4, -0.2) is 23.9 Å². The molecule has 0 bridgehead atoms. The minimum absolute atomic E-state index is 0.265. The van der Waals surface area contributed by atoms with Gasteiger partial charge >= 0.3 is 0 Å². The second kappa shape index (κ2) is 3.60. The van der Waals surface area contributed by atoms with E-state index in [1.165, 1.54) is 18.2 Å². The van der Waals surface area contributed by atoms with Crippen molar-refractivity contribution < 1.29 is 17.8 Å². The van der Waals surface area contributed by atoms with Gasteiger partial charge in [-0.3, -0.25) is 15.1 Å². The van der Waals surface area contributed by atoms with Crippen molar-refractivity contribution in [3.63, 3.8) is 0 Å². The highest BCUT2D eigenvalue weighted by Crippen LogP contribution is 2.43. The second-order valence-corrected chi connectivity index (χ2v) is 6.17. The molecule has 0 aromatic heterocycles. The van der Waals surface area contributed by atoms with Crippen LogP contribution in [0, 0.1) is 0 Å². The molecule has 1 aliphatic heterocycles. The third-order valence-corrected chi connectivity index (χ3v) is 4.24. The van der Waals surface area contributed by atoms with Gasteiger partial charge in [-0.25, -0.2) is 0 Å². The van der Waals surface area contributed by atoms with E-state index >= 15 is 0 Å². The molecule has 9 heteroatoms. The second-order valence-electron chi connectivity index (χ2n) is 3.46. The van der Waals surface area contributed by atoms with Gasteiger partial charge in [0.1, 0.15) is 0 Å². The zero-order valence-electron chi connectivity index (χ0n) is 8.38. The van der Waals surface area contributed by atoms with E-state index in [1.807, 2.05) is 0 Å². The van der Waals surface area contributed by atoms with Crippen molar-refractivity contribution in [2.45, 2.75) is 14.8 Å². The number of rotatable bonds is 2. The smallest absolute Gasteiger partial charge is 0.294 e. The normalized spacial score (nSPS) is 22.9. The highest BCUT2D eigenvalue weighted by molar-refractivity contribution is 8.02. The molecule has 1 aliphatic rings. The molecule has 6 N–H and O–H groups in total. The quantitative estimate of drug-likeness (QED) is 0.536. The van der Waals surface area contributed by atoms with Crippen LogP contribution in [0.4, 0.5) is 5.69 Å². The lowest BCUT2D eigenvalue weighted by atomic mass is 10.3. The van der Waals surface area contributed by atoms with Crippen molar-refractivity contribution in [2.24, 2.45) is 11.5 Å². The van der Waals surface area contributed by atoms with Crippen molar-refractivity contribution in [2.75, 3.05) is 5.32 Å². The molecule has 0 fully saturated rings. The van der Waals surface area contributed by atoms with Gasteiger partial charge in [-0.2, -0.15) is 8.42 Å². The monoisotopic (exact) mass is 275 g/mol. The van der Waals surface area contributed by atoms with Crippen molar-refractivity contribution in [3.8, 4) is 0 Å². The summed E-state index contributed by atoms with van der Waals surface area (Å²) >= 11 is 0.893. The van der Waals surface area contributed by atoms with E-state index in [-0.39, 0.29) is 4.90 Å². The topological polar surface area (TPSA) is 136 Å². The summed E-state index contributed by atoms with van der Waals surface area (Å²) in [6, 6.07) is 3.83. The van der Waals surface area contributed by atoms with E-state index in [4.69, 9.17) is 16.0 Å². The van der Waals surface area contributed by atoms with E-state index in [9.17, 15) is 13.2 Å². The highest BCUT2D eigenvalue weighted by atomic mass is 32.2. The molecule has 1 aromatic rings. The van der Waals surface area contributed by atoms with E-state index in [1.54, 1.807) is 0 Å². The Kier molecular flexibility index (Phi) is 2.58. The van der Waals surface area contributed by atoms with Crippen LogP contribution in [0.2, 0.25) is 0 Å². The molecule has 7 nitrogen and oxygen atoms in total. The molecule has 0 radical (unpaired) electrons. The van der Waals surface area contributed by atoms with Crippen molar-refractivity contribution in [1.82, 2.24) is 0 Å². The zero-order valence-corrected chi connectivity index (χ0v) is 10.0. The SMILES string of the molecule is NC(=O)[C@]1(N)Nc2ccc(S(=O)(=O)O)cc2S1. The summed E-state index contributed by atoms with van der Waals surface area (Å²) in [6.07, 6.45) is 0. The Hall–Kier alpha value is -1.29. The fourth-order valence-corrected chi connectivity index (χ4v) is 2.97. The number of primary amides is 1. The third-order valence-electron chi connectivity index (χ3n) is 2.21. The number of fused-ring (bicyclic) bond motifs is 1. The zero-order chi connectivity index (χ0) is 12.8. The number of thioether (sulfide) groups is 1. The molecule has 0 aliphatic carbocycles. The lowest BCUT2D eigenvalue weighted by Crippen LogP contribution is -2.53. The predicted octanol–water partition coefficient (Wildman–Crippen LogP) is -0.451. The Labute approximate surface area is 101 Å². The van der Waals surface area contributed by atoms with Gasteiger partial charge in [-0.15, -0.1) is 0 Å². The van der Waals surface area contributed by atoms with Crippen LogP contribution >= 0.6 is 11.8 Å². The van der Waals surface area contributed by atoms with Gasteiger partial charge in [-0.05, 0) is 18.2 Å². The number of carbonyl (C=O) groups is 1. The minimum atomic E-state index is -4.28. The van der Waals surface area contributed by atoms with Crippen molar-refractivity contribution in [1.29, 1.82) is 0 Å². The maximum Gasteiger partial charge on any atom is 0.294 e. The summed E-state index contributed by atoms with van der Waals surface area (Å²) in [5, 5.41) is 2.68. The van der Waals surface area contributed by atoms with E-state index in [0.29, 0.717) is 10.6 Å². The number of amides is 1. The molecule has 1 aromatic carbocycles. The first-order valence-electron chi connectivity index (χ1n) is 4.40. The lowest BCUT2D eigenvalue weighted by molar-refractivity contribution is -0.119. The Balaban J connectivity index is 2.45. The number of hydrogen-bond acceptors (Lipinski definition) is 6. The summed E-state index contributed by atoms with van der Waals surface area (Å²) in [6.45, 7) is 0. The maximum atomic E-state index is 11.1. The Morgan fingerprint density at radius 3 is 2.65 bits per heavy atom. The first-order chi connectivity index (χ1) is 7.72. The van der Waals surface area contributed by atoms with Crippen LogP contribution in [0.3, 0.4) is 0 Å². The molecule has 92 valence electrons. The summed E-state index contributed by atoms with van der Waals surface area (Å²) in [4.78, 5) is 9.79. The van der Waals surface area contributed by atoms with E-state index < -0.39 is 21.0 Å². The van der Waals surface area contributed by atoms with Crippen LogP contribution in [0.5, 0.6) is 0 Å². The summed E-state index contributed by atoms with van der Waals surface area (Å²) in [5.41, 5.74) is 11.3. The predicted molar refractivity (Wildman–Crippen MR) is 61.8 cm³/mol. The Morgan fingerprint density at radius 2 is 2.12 bits per heavy atom. The van der Waals surface area contributed by atoms with Crippen LogP contribution in [0.25, 0.3) is 0 Å². The van der Waals surface area contributed by atoms with Gasteiger partial charge in [0.2, 0.25) is 4.99 Å². The Bertz CT molecular complexity index is 601. The average Bonchev–Trinajstić information content (AvgIpc) is 2.52. The first-order valence-corrected chi connectivity index (χ1v) is 6.65. The fraction of sp³-hybridized carbons (Fsp3) is 0.125. The van der Waals surface area contributed by atoms with Crippen LogP contribution in [-0.2, 0) is 14.9 Å². The van der Waals surface area contributed by atoms with Gasteiger partial charge < -0.3 is 11.1 Å². The van der Waals surface area contributed by atoms with E-state index in [2.05, 4.69) is 5.32 Å². The number of nitrogens with two attached hydrogens (primary N) is 2. The number of benzene rings is 1. The van der Waals surface area contributed by atoms with Crippen molar-refractivity contribution >= 4 is 33.5 Å². The molecule has 1 amide bonds. The maximum absolute atomic E-state index is 11.1. The molecule has 2 rings (SSSR count). The molecular formula is C8H9N3O4S2. The molecule has 0 saturated carbocycles. The number of carbonyl (C=O) groups excluding carboxylic acids is 1. The summed E-state index contributed by atoms with van der Waals surface area (Å²) in [7, 11) is -4.28. The minimum Gasteiger partial charge on any atom is -0.366 e. The molecule has 1 heterocycles.